The molecule has 68 heavy (non-hydrogen) atoms. The van der Waals surface area contributed by atoms with Gasteiger partial charge in [0.05, 0.1) is 37.4 Å². The fourth-order valence-corrected chi connectivity index (χ4v) is 10.3. The van der Waals surface area contributed by atoms with Crippen LogP contribution in [0.15, 0.2) is 147 Å². The predicted molar refractivity (Wildman–Crippen MR) is 273 cm³/mol. The summed E-state index contributed by atoms with van der Waals surface area (Å²) in [5, 5.41) is 29.0. The monoisotopic (exact) mass is 1040 g/mol. The third-order valence-corrected chi connectivity index (χ3v) is 14.0. The molecule has 0 bridgehead atoms. The van der Waals surface area contributed by atoms with Crippen LogP contribution in [0.5, 0.6) is 23.3 Å². The van der Waals surface area contributed by atoms with Crippen molar-refractivity contribution in [1.29, 1.82) is 0 Å². The van der Waals surface area contributed by atoms with Crippen LogP contribution < -0.4 is 18.9 Å². The number of rotatable bonds is 17. The molecule has 4 heterocycles. The first kappa shape index (κ1) is 47.3. The van der Waals surface area contributed by atoms with Crippen LogP contribution in [0.3, 0.4) is 0 Å². The Labute approximate surface area is 413 Å². The molecule has 2 N–H and O–H groups in total. The summed E-state index contributed by atoms with van der Waals surface area (Å²) in [5.74, 6) is 1.18. The molecular formula is C55H54Br2N4O7. The van der Waals surface area contributed by atoms with E-state index >= 15 is 0 Å². The van der Waals surface area contributed by atoms with E-state index in [1.807, 2.05) is 143 Å². The lowest BCUT2D eigenvalue weighted by molar-refractivity contribution is 0.00344. The molecule has 1 aliphatic rings. The number of benzene rings is 5. The third-order valence-electron chi connectivity index (χ3n) is 13.0. The zero-order valence-corrected chi connectivity index (χ0v) is 42.0. The highest BCUT2D eigenvalue weighted by Crippen LogP contribution is 2.52. The van der Waals surface area contributed by atoms with Gasteiger partial charge in [-0.1, -0.05) is 86.5 Å². The van der Waals surface area contributed by atoms with Gasteiger partial charge in [0.1, 0.15) is 17.0 Å². The fraction of sp³-hybridized carbons (Fsp3) is 0.273. The van der Waals surface area contributed by atoms with Gasteiger partial charge in [-0.05, 0) is 131 Å². The molecule has 0 spiro atoms. The van der Waals surface area contributed by atoms with Crippen LogP contribution in [0.4, 0.5) is 0 Å². The third kappa shape index (κ3) is 9.35. The summed E-state index contributed by atoms with van der Waals surface area (Å²) in [7, 11) is 11.2. The van der Waals surface area contributed by atoms with Gasteiger partial charge in [-0.3, -0.25) is 0 Å². The minimum Gasteiger partial charge on any atom is -0.481 e. The molecule has 0 amide bonds. The van der Waals surface area contributed by atoms with Crippen LogP contribution in [0.1, 0.15) is 58.1 Å². The molecule has 0 fully saturated rings. The molecule has 3 aromatic heterocycles. The van der Waals surface area contributed by atoms with E-state index in [2.05, 4.69) is 53.8 Å². The Morgan fingerprint density at radius 3 is 1.75 bits per heavy atom. The van der Waals surface area contributed by atoms with E-state index in [0.29, 0.717) is 71.6 Å². The van der Waals surface area contributed by atoms with E-state index in [1.54, 1.807) is 20.5 Å². The second-order valence-corrected chi connectivity index (χ2v) is 19.8. The molecule has 1 aliphatic heterocycles. The topological polar surface area (TPSA) is 123 Å². The molecule has 0 aliphatic carbocycles. The number of aliphatic hydroxyl groups is 2. The number of hydrogen-bond acceptors (Lipinski definition) is 11. The van der Waals surface area contributed by atoms with Crippen molar-refractivity contribution in [3.63, 3.8) is 0 Å². The number of halogens is 2. The van der Waals surface area contributed by atoms with Crippen molar-refractivity contribution in [1.82, 2.24) is 19.8 Å². The summed E-state index contributed by atoms with van der Waals surface area (Å²) in [6.45, 7) is 1.25. The smallest absolute Gasteiger partial charge is 0.231 e. The Bertz CT molecular complexity index is 3090. The van der Waals surface area contributed by atoms with Gasteiger partial charge in [0, 0.05) is 61.0 Å². The Balaban J connectivity index is 1.22. The molecule has 350 valence electrons. The van der Waals surface area contributed by atoms with Gasteiger partial charge in [0.15, 0.2) is 11.5 Å². The Hall–Kier alpha value is -5.80. The Kier molecular flexibility index (Phi) is 13.7. The molecule has 9 rings (SSSR count). The first-order chi connectivity index (χ1) is 32.8. The molecule has 0 radical (unpaired) electrons. The summed E-state index contributed by atoms with van der Waals surface area (Å²) < 4.78 is 32.2. The van der Waals surface area contributed by atoms with Crippen molar-refractivity contribution in [2.75, 3.05) is 62.3 Å². The number of aromatic nitrogens is 2. The highest BCUT2D eigenvalue weighted by Gasteiger charge is 2.45. The number of nitrogens with zero attached hydrogens (tertiary/aromatic N) is 4. The lowest BCUT2D eigenvalue weighted by Gasteiger charge is -2.39. The average Bonchev–Trinajstić information content (AvgIpc) is 4.03. The van der Waals surface area contributed by atoms with Crippen molar-refractivity contribution >= 4 is 53.7 Å². The first-order valence-electron chi connectivity index (χ1n) is 22.4. The molecule has 5 aromatic carbocycles. The normalized spacial score (nSPS) is 15.1. The number of pyridine rings is 2. The molecule has 4 atom stereocenters. The number of methoxy groups -OCH3 is 2. The molecule has 0 saturated heterocycles. The molecule has 0 saturated carbocycles. The van der Waals surface area contributed by atoms with E-state index in [9.17, 15) is 10.2 Å². The zero-order valence-electron chi connectivity index (χ0n) is 38.9. The largest absolute Gasteiger partial charge is 0.481 e. The first-order valence-corrected chi connectivity index (χ1v) is 24.0. The minimum absolute atomic E-state index is 0.109. The lowest BCUT2D eigenvalue weighted by Crippen LogP contribution is -2.38. The minimum atomic E-state index is -1.56. The summed E-state index contributed by atoms with van der Waals surface area (Å²) in [6.07, 6.45) is 2.43. The maximum absolute atomic E-state index is 13.8. The molecule has 4 unspecified atom stereocenters. The second-order valence-electron chi connectivity index (χ2n) is 18.0. The standard InChI is InChI=1S/C55H54Br2N4O7/c1-60(2)23-21-54(62,39-12-8-7-9-13-39)51(44-29-37-27-42(57)17-19-46(37)59-53(44)65-6)38-31-48(66-32-38)34-11-10-14-40(25-34)55(63,22-24-61(3)4)50(35-15-20-47-49(30-35)68-33-67-47)43-28-36-26-41(56)16-18-45(36)58-52(43)64-5/h7-20,25-32,50-51,62-63H,21-24,33H2,1-6H3. The van der Waals surface area contributed by atoms with Crippen LogP contribution in [-0.2, 0) is 11.2 Å². The van der Waals surface area contributed by atoms with Crippen molar-refractivity contribution in [2.45, 2.75) is 35.9 Å². The van der Waals surface area contributed by atoms with Gasteiger partial charge in [0.25, 0.3) is 0 Å². The summed E-state index contributed by atoms with van der Waals surface area (Å²) in [5.41, 5.74) is 3.59. The van der Waals surface area contributed by atoms with Gasteiger partial charge in [-0.25, -0.2) is 9.97 Å². The van der Waals surface area contributed by atoms with Gasteiger partial charge in [0.2, 0.25) is 18.6 Å². The van der Waals surface area contributed by atoms with Crippen LogP contribution in [0, 0.1) is 0 Å². The van der Waals surface area contributed by atoms with E-state index in [1.165, 1.54) is 0 Å². The fourth-order valence-electron chi connectivity index (χ4n) is 9.57. The van der Waals surface area contributed by atoms with E-state index in [0.717, 1.165) is 53.0 Å². The van der Waals surface area contributed by atoms with Gasteiger partial charge in [-0.2, -0.15) is 0 Å². The average molecular weight is 1040 g/mol. The molecule has 8 aromatic rings. The SMILES string of the molecule is COc1nc2ccc(Br)cc2cc1C(c1coc(-c2cccc(C(O)(CCN(C)C)C(c3ccc4c(c3)OCO4)c3cc4cc(Br)ccc4nc3OC)c2)c1)C(O)(CCN(C)C)c1ccccc1. The number of fused-ring (bicyclic) bond motifs is 3. The maximum atomic E-state index is 13.8. The second kappa shape index (κ2) is 19.7. The van der Waals surface area contributed by atoms with Gasteiger partial charge < -0.3 is 43.4 Å². The quantitative estimate of drug-likeness (QED) is 0.0906. The number of ether oxygens (including phenoxy) is 4. The van der Waals surface area contributed by atoms with Crippen molar-refractivity contribution < 1.29 is 33.6 Å². The summed E-state index contributed by atoms with van der Waals surface area (Å²) in [4.78, 5) is 14.1. The highest BCUT2D eigenvalue weighted by molar-refractivity contribution is 9.10. The van der Waals surface area contributed by atoms with Crippen molar-refractivity contribution in [3.8, 4) is 34.6 Å². The highest BCUT2D eigenvalue weighted by atomic mass is 79.9. The van der Waals surface area contributed by atoms with Crippen LogP contribution in [0.25, 0.3) is 33.1 Å². The molecule has 11 nitrogen and oxygen atoms in total. The molecule has 13 heteroatoms. The van der Waals surface area contributed by atoms with Crippen molar-refractivity contribution in [2.24, 2.45) is 0 Å². The predicted octanol–water partition coefficient (Wildman–Crippen LogP) is 11.3. The summed E-state index contributed by atoms with van der Waals surface area (Å²) >= 11 is 7.31. The van der Waals surface area contributed by atoms with E-state index in [4.69, 9.17) is 33.3 Å². The van der Waals surface area contributed by atoms with Crippen LogP contribution >= 0.6 is 31.9 Å². The van der Waals surface area contributed by atoms with Crippen LogP contribution in [-0.4, -0.2) is 92.3 Å². The zero-order chi connectivity index (χ0) is 47.7. The molecular weight excluding hydrogens is 988 g/mol. The lowest BCUT2D eigenvalue weighted by atomic mass is 9.71. The van der Waals surface area contributed by atoms with Gasteiger partial charge >= 0.3 is 0 Å². The van der Waals surface area contributed by atoms with Crippen molar-refractivity contribution in [3.05, 3.63) is 176 Å². The number of furan rings is 1. The van der Waals surface area contributed by atoms with E-state index < -0.39 is 23.0 Å². The van der Waals surface area contributed by atoms with E-state index in [-0.39, 0.29) is 6.79 Å². The van der Waals surface area contributed by atoms with Gasteiger partial charge in [-0.15, -0.1) is 0 Å². The maximum Gasteiger partial charge on any atom is 0.231 e. The van der Waals surface area contributed by atoms with Crippen LogP contribution in [0.2, 0.25) is 0 Å². The summed E-state index contributed by atoms with van der Waals surface area (Å²) in [6, 6.07) is 41.4. The Morgan fingerprint density at radius 2 is 1.16 bits per heavy atom. The number of hydrogen-bond donors (Lipinski definition) is 2. The Morgan fingerprint density at radius 1 is 0.603 bits per heavy atom.